The maximum atomic E-state index is 14.9. The third-order valence-electron chi connectivity index (χ3n) is 11.8. The molecule has 0 radical (unpaired) electrons. The van der Waals surface area contributed by atoms with Gasteiger partial charge < -0.3 is 98.0 Å². The lowest BCUT2D eigenvalue weighted by molar-refractivity contribution is -0.322. The number of carboxylic acid groups (broad SMARTS) is 2. The van der Waals surface area contributed by atoms with Crippen molar-refractivity contribution in [3.63, 3.8) is 0 Å². The number of benzene rings is 1. The van der Waals surface area contributed by atoms with Gasteiger partial charge in [-0.3, -0.25) is 33.6 Å². The van der Waals surface area contributed by atoms with Gasteiger partial charge in [0.05, 0.1) is 56.6 Å². The van der Waals surface area contributed by atoms with E-state index in [0.717, 1.165) is 13.8 Å². The zero-order chi connectivity index (χ0) is 55.1. The molecule has 1 saturated heterocycles. The number of aliphatic hydroxyl groups is 4. The van der Waals surface area contributed by atoms with Crippen molar-refractivity contribution in [2.75, 3.05) is 19.7 Å². The minimum atomic E-state index is -3.08. The molecule has 408 valence electrons. The van der Waals surface area contributed by atoms with Crippen LogP contribution >= 0.6 is 0 Å². The molecule has 1 aliphatic rings. The maximum absolute atomic E-state index is 14.9. The topological polar surface area (TPSA) is 477 Å². The van der Waals surface area contributed by atoms with E-state index in [-0.39, 0.29) is 25.0 Å². The fraction of sp³-hybridized carbons (Fsp3) is 0.489. The first kappa shape index (κ1) is 58.0. The van der Waals surface area contributed by atoms with Crippen LogP contribution in [0.15, 0.2) is 55.5 Å². The normalized spacial score (nSPS) is 20.6. The number of carbonyl (C=O) groups excluding carboxylic acids is 7. The fourth-order valence-corrected chi connectivity index (χ4v) is 8.01. The van der Waals surface area contributed by atoms with Gasteiger partial charge in [0.1, 0.15) is 42.5 Å². The summed E-state index contributed by atoms with van der Waals surface area (Å²) in [7, 11) is 0. The molecule has 1 aromatic carbocycles. The summed E-state index contributed by atoms with van der Waals surface area (Å²) in [6.45, 7) is 0.880. The van der Waals surface area contributed by atoms with Crippen molar-refractivity contribution in [1.82, 2.24) is 62.1 Å². The number of aromatic nitrogens is 5. The minimum Gasteiger partial charge on any atom is -0.480 e. The zero-order valence-corrected chi connectivity index (χ0v) is 40.6. The highest BCUT2D eigenvalue weighted by Crippen LogP contribution is 2.35. The van der Waals surface area contributed by atoms with Gasteiger partial charge in [-0.05, 0) is 25.5 Å². The first-order chi connectivity index (χ1) is 35.5. The SMILES string of the molecule is CC(=O)N[C@H]1[C@H]([C@H](O)[C@H](O)CO)O[C@@](O[C@H](C)[C@H](NC(=O)[C@H](Cc2cnc[nH]2)NC(=O)CNC(=O)[C@H](C)N)C(=O)N[C@@H](Cc2c[nH]c3ccccc23)C(=O)NCC(=O)N[C@@H](Cc2cnc[nH]2)C(=O)O)(C(=O)O)C[C@@H]1O. The number of carbonyl (C=O) groups is 9. The Morgan fingerprint density at radius 2 is 1.39 bits per heavy atom. The Hall–Kier alpha value is -7.87. The van der Waals surface area contributed by atoms with Crippen LogP contribution < -0.4 is 43.0 Å². The summed E-state index contributed by atoms with van der Waals surface area (Å²) in [5, 5.41) is 80.2. The molecule has 4 heterocycles. The fourth-order valence-electron chi connectivity index (χ4n) is 8.01. The van der Waals surface area contributed by atoms with E-state index in [0.29, 0.717) is 22.2 Å². The molecule has 0 bridgehead atoms. The second-order valence-corrected chi connectivity index (χ2v) is 17.7. The van der Waals surface area contributed by atoms with Gasteiger partial charge in [0, 0.05) is 73.5 Å². The Morgan fingerprint density at radius 1 is 0.800 bits per heavy atom. The van der Waals surface area contributed by atoms with E-state index in [4.69, 9.17) is 15.2 Å². The van der Waals surface area contributed by atoms with Crippen molar-refractivity contribution in [2.45, 2.75) is 119 Å². The van der Waals surface area contributed by atoms with E-state index in [1.165, 1.54) is 38.2 Å². The average Bonchev–Trinajstić information content (AvgIpc) is 4.17. The number of carboxylic acids is 2. The first-order valence-corrected chi connectivity index (χ1v) is 23.3. The van der Waals surface area contributed by atoms with Crippen LogP contribution in [0, 0.1) is 0 Å². The highest BCUT2D eigenvalue weighted by atomic mass is 16.7. The monoisotopic (exact) mass is 1060 g/mol. The highest BCUT2D eigenvalue weighted by Gasteiger charge is 2.57. The third kappa shape index (κ3) is 15.8. The molecule has 1 aliphatic heterocycles. The highest BCUT2D eigenvalue weighted by molar-refractivity contribution is 5.97. The molecule has 0 saturated carbocycles. The number of hydrogen-bond acceptors (Lipinski definition) is 18. The van der Waals surface area contributed by atoms with Gasteiger partial charge >= 0.3 is 11.9 Å². The predicted octanol–water partition coefficient (Wildman–Crippen LogP) is -6.20. The molecule has 0 aliphatic carbocycles. The van der Waals surface area contributed by atoms with Crippen LogP contribution in [0.4, 0.5) is 0 Å². The summed E-state index contributed by atoms with van der Waals surface area (Å²) < 4.78 is 11.8. The first-order valence-electron chi connectivity index (χ1n) is 23.3. The molecule has 4 aromatic rings. The summed E-state index contributed by atoms with van der Waals surface area (Å²) >= 11 is 0. The van der Waals surface area contributed by atoms with Gasteiger partial charge in [-0.2, -0.15) is 0 Å². The van der Waals surface area contributed by atoms with Crippen molar-refractivity contribution in [3.05, 3.63) is 72.5 Å². The largest absolute Gasteiger partial charge is 0.480 e. The number of imidazole rings is 2. The summed E-state index contributed by atoms with van der Waals surface area (Å²) in [6, 6.07) is -2.63. The van der Waals surface area contributed by atoms with E-state index < -0.39 is 152 Å². The lowest BCUT2D eigenvalue weighted by Gasteiger charge is -2.47. The molecule has 0 spiro atoms. The molecule has 0 unspecified atom stereocenters. The Kier molecular flexibility index (Phi) is 20.4. The van der Waals surface area contributed by atoms with E-state index >= 15 is 0 Å². The zero-order valence-electron chi connectivity index (χ0n) is 40.6. The third-order valence-corrected chi connectivity index (χ3v) is 11.8. The summed E-state index contributed by atoms with van der Waals surface area (Å²) in [5.41, 5.74) is 7.30. The van der Waals surface area contributed by atoms with Gasteiger partial charge in [0.2, 0.25) is 41.4 Å². The van der Waals surface area contributed by atoms with Crippen molar-refractivity contribution >= 4 is 64.2 Å². The van der Waals surface area contributed by atoms with Crippen molar-refractivity contribution in [1.29, 1.82) is 0 Å². The van der Waals surface area contributed by atoms with Gasteiger partial charge in [0.15, 0.2) is 0 Å². The molecule has 30 heteroatoms. The molecule has 12 atom stereocenters. The molecule has 1 fully saturated rings. The minimum absolute atomic E-state index is 0.201. The van der Waals surface area contributed by atoms with E-state index in [9.17, 15) is 73.8 Å². The number of para-hydroxylation sites is 1. The molecule has 30 nitrogen and oxygen atoms in total. The molecule has 75 heavy (non-hydrogen) atoms. The second kappa shape index (κ2) is 26.4. The number of hydrogen-bond donors (Lipinski definition) is 17. The van der Waals surface area contributed by atoms with Crippen LogP contribution in [0.5, 0.6) is 0 Å². The van der Waals surface area contributed by atoms with E-state index in [1.807, 2.05) is 0 Å². The van der Waals surface area contributed by atoms with Crippen LogP contribution in [0.3, 0.4) is 0 Å². The maximum Gasteiger partial charge on any atom is 0.364 e. The Bertz CT molecular complexity index is 2630. The lowest BCUT2D eigenvalue weighted by atomic mass is 9.88. The van der Waals surface area contributed by atoms with Gasteiger partial charge in [-0.15, -0.1) is 0 Å². The number of nitrogens with two attached hydrogens (primary N) is 1. The van der Waals surface area contributed by atoms with Crippen LogP contribution in [0.1, 0.15) is 44.1 Å². The van der Waals surface area contributed by atoms with Crippen molar-refractivity contribution < 1.29 is 83.3 Å². The molecule has 5 rings (SSSR count). The molecular formula is C45H61N13O17. The number of aromatic amines is 3. The van der Waals surface area contributed by atoms with Gasteiger partial charge in [-0.25, -0.2) is 19.6 Å². The molecule has 7 amide bonds. The second-order valence-electron chi connectivity index (χ2n) is 17.7. The summed E-state index contributed by atoms with van der Waals surface area (Å²) in [5.74, 6) is -13.3. The summed E-state index contributed by atoms with van der Waals surface area (Å²) in [4.78, 5) is 136. The Balaban J connectivity index is 1.52. The number of ether oxygens (including phenoxy) is 2. The quantitative estimate of drug-likeness (QED) is 0.0264. The number of fused-ring (bicyclic) bond motifs is 1. The molecular weight excluding hydrogens is 995 g/mol. The van der Waals surface area contributed by atoms with Crippen molar-refractivity contribution in [3.8, 4) is 0 Å². The van der Waals surface area contributed by atoms with Crippen molar-refractivity contribution in [2.24, 2.45) is 5.73 Å². The number of rotatable bonds is 27. The number of amides is 7. The number of aliphatic hydroxyl groups excluding tert-OH is 4. The standard InChI is InChI=1S/C45H61N13O17/c1-20(46)39(66)50-15-33(63)55-29(9-24-13-47-18-52-24)41(68)58-35(21(2)74-45(44(72)73)11-31(61)36(54-22(3)60)38(75-45)37(65)32(62)17-59)42(69)57-28(8-23-12-49-27-7-5-4-6-26(23)27)40(67)51-16-34(64)56-30(43(70)71)10-25-14-48-19-53-25/h4-7,12-14,18-21,28-32,35-38,49,59,61-62,65H,8-11,15-17,46H2,1-3H3,(H,47,52)(H,48,53)(H,50,66)(H,51,67)(H,54,60)(H,55,63)(H,56,64)(H,57,69)(H,58,68)(H,70,71)(H,72,73)/t20-,21+,28-,29-,30-,31-,32+,35-,36+,37+,38+,45+/m0/s1. The van der Waals surface area contributed by atoms with Crippen LogP contribution in [0.25, 0.3) is 10.9 Å². The van der Waals surface area contributed by atoms with E-state index in [2.05, 4.69) is 62.1 Å². The van der Waals surface area contributed by atoms with Gasteiger partial charge in [-0.1, -0.05) is 18.2 Å². The molecule has 18 N–H and O–H groups in total. The van der Waals surface area contributed by atoms with Crippen LogP contribution in [-0.4, -0.2) is 201 Å². The lowest BCUT2D eigenvalue weighted by Crippen LogP contribution is -2.69. The average molecular weight is 1060 g/mol. The Labute approximate surface area is 425 Å². The number of aliphatic carboxylic acids is 2. The number of nitrogens with zero attached hydrogens (tertiary/aromatic N) is 2. The summed E-state index contributed by atoms with van der Waals surface area (Å²) in [6.07, 6.45) is -5.24. The molecule has 3 aromatic heterocycles. The van der Waals surface area contributed by atoms with Gasteiger partial charge in [0.25, 0.3) is 5.79 Å². The number of nitrogens with one attached hydrogen (secondary N) is 10. The van der Waals surface area contributed by atoms with Crippen LogP contribution in [0.2, 0.25) is 0 Å². The Morgan fingerprint density at radius 3 is 1.95 bits per heavy atom. The van der Waals surface area contributed by atoms with E-state index in [1.54, 1.807) is 24.3 Å². The smallest absolute Gasteiger partial charge is 0.364 e. The number of H-pyrrole nitrogens is 3. The predicted molar refractivity (Wildman–Crippen MR) is 255 cm³/mol. The van der Waals surface area contributed by atoms with Crippen LogP contribution in [-0.2, 0) is 71.9 Å².